The largest absolute Gasteiger partial charge is 0.348 e. The van der Waals surface area contributed by atoms with Gasteiger partial charge in [0.2, 0.25) is 0 Å². The molecule has 96 valence electrons. The van der Waals surface area contributed by atoms with Crippen molar-refractivity contribution in [1.29, 1.82) is 0 Å². The van der Waals surface area contributed by atoms with Crippen molar-refractivity contribution < 1.29 is 0 Å². The lowest BCUT2D eigenvalue weighted by atomic mass is 10.1. The van der Waals surface area contributed by atoms with Crippen LogP contribution in [-0.2, 0) is 6.54 Å². The molecular weight excluding hydrogens is 240 g/mol. The number of aromatic amines is 1. The van der Waals surface area contributed by atoms with Gasteiger partial charge in [0.25, 0.3) is 0 Å². The highest BCUT2D eigenvalue weighted by Gasteiger charge is 2.11. The molecule has 0 unspecified atom stereocenters. The molecule has 0 amide bonds. The minimum Gasteiger partial charge on any atom is -0.313 e. The fourth-order valence-electron chi connectivity index (χ4n) is 2.26. The van der Waals surface area contributed by atoms with Gasteiger partial charge in [-0.15, -0.1) is 0 Å². The molecule has 0 saturated heterocycles. The van der Waals surface area contributed by atoms with Gasteiger partial charge in [-0.3, -0.25) is 0 Å². The number of nitrogens with one attached hydrogen (secondary N) is 2. The van der Waals surface area contributed by atoms with Crippen LogP contribution in [0.15, 0.2) is 47.3 Å². The van der Waals surface area contributed by atoms with Gasteiger partial charge >= 0.3 is 5.69 Å². The topological polar surface area (TPSA) is 62.7 Å². The molecule has 5 heteroatoms. The van der Waals surface area contributed by atoms with E-state index in [2.05, 4.69) is 15.5 Å². The summed E-state index contributed by atoms with van der Waals surface area (Å²) in [4.78, 5) is 12.0. The molecule has 0 aliphatic rings. The van der Waals surface area contributed by atoms with Gasteiger partial charge in [-0.1, -0.05) is 36.4 Å². The van der Waals surface area contributed by atoms with Gasteiger partial charge in [-0.05, 0) is 18.5 Å². The molecule has 0 atom stereocenters. The molecule has 0 bridgehead atoms. The summed E-state index contributed by atoms with van der Waals surface area (Å²) < 4.78 is 1.61. The number of nitrogens with zero attached hydrogens (tertiary/aromatic N) is 2. The Bertz CT molecular complexity index is 767. The first-order valence-electron chi connectivity index (χ1n) is 6.10. The zero-order valence-corrected chi connectivity index (χ0v) is 10.6. The van der Waals surface area contributed by atoms with Crippen molar-refractivity contribution >= 4 is 10.8 Å². The molecular formula is C14H14N4O. The summed E-state index contributed by atoms with van der Waals surface area (Å²) in [6.45, 7) is 0.530. The van der Waals surface area contributed by atoms with Crippen LogP contribution in [0.3, 0.4) is 0 Å². The molecule has 0 spiro atoms. The second-order valence-corrected chi connectivity index (χ2v) is 4.31. The number of aromatic nitrogens is 3. The molecule has 19 heavy (non-hydrogen) atoms. The van der Waals surface area contributed by atoms with Crippen molar-refractivity contribution in [1.82, 2.24) is 20.1 Å². The van der Waals surface area contributed by atoms with Gasteiger partial charge in [0.05, 0.1) is 12.2 Å². The summed E-state index contributed by atoms with van der Waals surface area (Å²) in [5, 5.41) is 11.7. The van der Waals surface area contributed by atoms with E-state index in [1.807, 2.05) is 49.5 Å². The first-order chi connectivity index (χ1) is 9.31. The Hall–Kier alpha value is -2.40. The second-order valence-electron chi connectivity index (χ2n) is 4.31. The zero-order chi connectivity index (χ0) is 13.2. The minimum atomic E-state index is -0.221. The van der Waals surface area contributed by atoms with Gasteiger partial charge in [0.1, 0.15) is 0 Å². The van der Waals surface area contributed by atoms with Crippen LogP contribution in [-0.4, -0.2) is 21.8 Å². The van der Waals surface area contributed by atoms with Crippen molar-refractivity contribution in [3.05, 3.63) is 58.8 Å². The Balaban J connectivity index is 2.30. The van der Waals surface area contributed by atoms with E-state index >= 15 is 0 Å². The maximum atomic E-state index is 12.0. The maximum absolute atomic E-state index is 12.0. The summed E-state index contributed by atoms with van der Waals surface area (Å²) in [6.07, 6.45) is 0. The molecule has 3 aromatic rings. The molecule has 0 aliphatic heterocycles. The van der Waals surface area contributed by atoms with E-state index in [-0.39, 0.29) is 5.69 Å². The molecule has 3 rings (SSSR count). The highest BCUT2D eigenvalue weighted by atomic mass is 16.1. The summed E-state index contributed by atoms with van der Waals surface area (Å²) in [6, 6.07) is 13.9. The fourth-order valence-corrected chi connectivity index (χ4v) is 2.26. The lowest BCUT2D eigenvalue weighted by molar-refractivity contribution is 0.735. The van der Waals surface area contributed by atoms with Crippen LogP contribution < -0.4 is 11.0 Å². The van der Waals surface area contributed by atoms with Gasteiger partial charge < -0.3 is 5.32 Å². The Morgan fingerprint density at radius 1 is 1.21 bits per heavy atom. The first-order valence-corrected chi connectivity index (χ1v) is 6.10. The summed E-state index contributed by atoms with van der Waals surface area (Å²) in [5.74, 6) is 0.670. The van der Waals surface area contributed by atoms with E-state index in [1.165, 1.54) is 0 Å². The molecule has 0 radical (unpaired) electrons. The van der Waals surface area contributed by atoms with Crippen molar-refractivity contribution in [3.8, 4) is 5.69 Å². The molecule has 0 fully saturated rings. The third kappa shape index (κ3) is 1.94. The number of hydrogen-bond acceptors (Lipinski definition) is 3. The average molecular weight is 254 g/mol. The van der Waals surface area contributed by atoms with Gasteiger partial charge in [-0.25, -0.2) is 14.5 Å². The lowest BCUT2D eigenvalue weighted by Crippen LogP contribution is -2.19. The van der Waals surface area contributed by atoms with Gasteiger partial charge in [0, 0.05) is 5.39 Å². The van der Waals surface area contributed by atoms with E-state index < -0.39 is 0 Å². The Labute approximate surface area is 109 Å². The van der Waals surface area contributed by atoms with Gasteiger partial charge in [-0.2, -0.15) is 5.10 Å². The minimum absolute atomic E-state index is 0.221. The van der Waals surface area contributed by atoms with Crippen LogP contribution in [0, 0.1) is 0 Å². The van der Waals surface area contributed by atoms with E-state index in [9.17, 15) is 4.79 Å². The third-order valence-electron chi connectivity index (χ3n) is 3.08. The maximum Gasteiger partial charge on any atom is 0.348 e. The quantitative estimate of drug-likeness (QED) is 0.743. The molecule has 1 aromatic heterocycles. The smallest absolute Gasteiger partial charge is 0.313 e. The van der Waals surface area contributed by atoms with Crippen LogP contribution >= 0.6 is 0 Å². The molecule has 0 aliphatic carbocycles. The highest BCUT2D eigenvalue weighted by molar-refractivity contribution is 5.90. The molecule has 2 aromatic carbocycles. The number of fused-ring (bicyclic) bond motifs is 1. The summed E-state index contributed by atoms with van der Waals surface area (Å²) in [5.41, 5.74) is 0.628. The van der Waals surface area contributed by atoms with Crippen molar-refractivity contribution in [2.24, 2.45) is 0 Å². The SMILES string of the molecule is CNCc1n[nH]c(=O)n1-c1cccc2ccccc12. The highest BCUT2D eigenvalue weighted by Crippen LogP contribution is 2.21. The standard InChI is InChI=1S/C14H14N4O/c1-15-9-13-16-17-14(19)18(13)12-8-4-6-10-5-2-3-7-11(10)12/h2-8,15H,9H2,1H3,(H,17,19). The third-order valence-corrected chi connectivity index (χ3v) is 3.08. The summed E-state index contributed by atoms with van der Waals surface area (Å²) in [7, 11) is 1.83. The van der Waals surface area contributed by atoms with E-state index in [1.54, 1.807) is 4.57 Å². The molecule has 5 nitrogen and oxygen atoms in total. The Morgan fingerprint density at radius 2 is 2.00 bits per heavy atom. The monoisotopic (exact) mass is 254 g/mol. The van der Waals surface area contributed by atoms with E-state index in [0.29, 0.717) is 12.4 Å². The normalized spacial score (nSPS) is 11.0. The second kappa shape index (κ2) is 4.70. The van der Waals surface area contributed by atoms with Crippen LogP contribution in [0.4, 0.5) is 0 Å². The lowest BCUT2D eigenvalue weighted by Gasteiger charge is -2.08. The molecule has 0 saturated carbocycles. The van der Waals surface area contributed by atoms with Crippen LogP contribution in [0.5, 0.6) is 0 Å². The van der Waals surface area contributed by atoms with Crippen molar-refractivity contribution in [3.63, 3.8) is 0 Å². The number of rotatable bonds is 3. The summed E-state index contributed by atoms with van der Waals surface area (Å²) >= 11 is 0. The predicted octanol–water partition coefficient (Wildman–Crippen LogP) is 1.43. The predicted molar refractivity (Wildman–Crippen MR) is 74.5 cm³/mol. The number of H-pyrrole nitrogens is 1. The van der Waals surface area contributed by atoms with Crippen LogP contribution in [0.2, 0.25) is 0 Å². The fraction of sp³-hybridized carbons (Fsp3) is 0.143. The Kier molecular flexibility index (Phi) is 2.89. The van der Waals surface area contributed by atoms with Crippen LogP contribution in [0.1, 0.15) is 5.82 Å². The Morgan fingerprint density at radius 3 is 2.84 bits per heavy atom. The number of benzene rings is 2. The van der Waals surface area contributed by atoms with Crippen molar-refractivity contribution in [2.45, 2.75) is 6.54 Å². The van der Waals surface area contributed by atoms with Gasteiger partial charge in [0.15, 0.2) is 5.82 Å². The van der Waals surface area contributed by atoms with Crippen molar-refractivity contribution in [2.75, 3.05) is 7.05 Å². The van der Waals surface area contributed by atoms with E-state index in [4.69, 9.17) is 0 Å². The molecule has 1 heterocycles. The zero-order valence-electron chi connectivity index (χ0n) is 10.6. The number of hydrogen-bond donors (Lipinski definition) is 2. The average Bonchev–Trinajstić information content (AvgIpc) is 2.80. The molecule has 2 N–H and O–H groups in total. The van der Waals surface area contributed by atoms with E-state index in [0.717, 1.165) is 16.5 Å². The first kappa shape index (κ1) is 11.7. The van der Waals surface area contributed by atoms with Crippen LogP contribution in [0.25, 0.3) is 16.5 Å².